The zero-order valence-electron chi connectivity index (χ0n) is 20.8. The van der Waals surface area contributed by atoms with E-state index in [2.05, 4.69) is 37.9 Å². The first kappa shape index (κ1) is 26.3. The number of halogens is 1. The highest BCUT2D eigenvalue weighted by molar-refractivity contribution is 14.1. The second-order valence-corrected chi connectivity index (χ2v) is 10.7. The molecule has 1 aliphatic rings. The fraction of sp³-hybridized carbons (Fsp3) is 0.407. The first-order chi connectivity index (χ1) is 17.3. The summed E-state index contributed by atoms with van der Waals surface area (Å²) in [6.45, 7) is 6.32. The van der Waals surface area contributed by atoms with Crippen LogP contribution in [0.2, 0.25) is 0 Å². The third-order valence-corrected chi connectivity index (χ3v) is 7.31. The first-order valence-corrected chi connectivity index (χ1v) is 13.3. The fourth-order valence-electron chi connectivity index (χ4n) is 4.89. The Bertz CT molecular complexity index is 1210. The maximum Gasteiger partial charge on any atom is 0.246 e. The molecule has 2 aromatic heterocycles. The number of pyridine rings is 1. The molecule has 8 nitrogen and oxygen atoms in total. The Kier molecular flexibility index (Phi) is 8.40. The van der Waals surface area contributed by atoms with Gasteiger partial charge < -0.3 is 19.9 Å². The van der Waals surface area contributed by atoms with Crippen molar-refractivity contribution in [2.24, 2.45) is 5.92 Å². The average molecular weight is 601 g/mol. The van der Waals surface area contributed by atoms with Crippen molar-refractivity contribution in [2.75, 3.05) is 13.2 Å². The van der Waals surface area contributed by atoms with Crippen molar-refractivity contribution < 1.29 is 14.7 Å². The standard InChI is InChI=1S/C27H32IN5O3/c1-17(2)25(32-14-24(28)30-16-32)27(36)33-12-4-5-23(33)26(35)31-22(15-34)20-8-6-19(7-9-20)21-10-11-29-13-18(21)3/h6-11,13-14,16-17,22-23,25,34H,4-5,12,15H2,1-3H3,(H,31,35)/t22-,23-,25-/m0/s1. The minimum absolute atomic E-state index is 0.0412. The van der Waals surface area contributed by atoms with Crippen LogP contribution in [0.5, 0.6) is 0 Å². The number of likely N-dealkylation sites (tertiary alicyclic amines) is 1. The molecular weight excluding hydrogens is 569 g/mol. The summed E-state index contributed by atoms with van der Waals surface area (Å²) in [5.41, 5.74) is 4.02. The zero-order valence-corrected chi connectivity index (χ0v) is 22.9. The van der Waals surface area contributed by atoms with Crippen molar-refractivity contribution in [1.82, 2.24) is 24.8 Å². The van der Waals surface area contributed by atoms with Gasteiger partial charge in [0.1, 0.15) is 15.8 Å². The lowest BCUT2D eigenvalue weighted by atomic mass is 9.99. The summed E-state index contributed by atoms with van der Waals surface area (Å²) >= 11 is 2.13. The summed E-state index contributed by atoms with van der Waals surface area (Å²) < 4.78 is 2.66. The van der Waals surface area contributed by atoms with Crippen LogP contribution in [0.4, 0.5) is 0 Å². The number of aliphatic hydroxyl groups is 1. The molecule has 0 aliphatic carbocycles. The van der Waals surface area contributed by atoms with Crippen molar-refractivity contribution >= 4 is 34.4 Å². The van der Waals surface area contributed by atoms with E-state index in [1.807, 2.05) is 68.1 Å². The highest BCUT2D eigenvalue weighted by Crippen LogP contribution is 2.28. The van der Waals surface area contributed by atoms with Crippen LogP contribution in [-0.2, 0) is 9.59 Å². The van der Waals surface area contributed by atoms with Crippen molar-refractivity contribution in [3.63, 3.8) is 0 Å². The van der Waals surface area contributed by atoms with Crippen molar-refractivity contribution in [2.45, 2.75) is 51.7 Å². The molecule has 0 radical (unpaired) electrons. The normalized spacial score (nSPS) is 17.3. The molecule has 9 heteroatoms. The fourth-order valence-corrected chi connectivity index (χ4v) is 5.33. The number of amides is 2. The molecule has 0 bridgehead atoms. The van der Waals surface area contributed by atoms with Crippen LogP contribution in [0.25, 0.3) is 11.1 Å². The number of hydrogen-bond acceptors (Lipinski definition) is 5. The number of aryl methyl sites for hydroxylation is 1. The predicted molar refractivity (Wildman–Crippen MR) is 146 cm³/mol. The molecule has 2 N–H and O–H groups in total. The van der Waals surface area contributed by atoms with Crippen LogP contribution in [0.3, 0.4) is 0 Å². The lowest BCUT2D eigenvalue weighted by Gasteiger charge is -2.31. The molecular formula is C27H32IN5O3. The van der Waals surface area contributed by atoms with Gasteiger partial charge in [0.25, 0.3) is 0 Å². The summed E-state index contributed by atoms with van der Waals surface area (Å²) in [6, 6.07) is 8.23. The van der Waals surface area contributed by atoms with E-state index in [0.717, 1.165) is 32.4 Å². The Morgan fingerprint density at radius 2 is 1.97 bits per heavy atom. The van der Waals surface area contributed by atoms with Gasteiger partial charge in [-0.05, 0) is 76.6 Å². The van der Waals surface area contributed by atoms with Gasteiger partial charge in [0.2, 0.25) is 11.8 Å². The third kappa shape index (κ3) is 5.62. The largest absolute Gasteiger partial charge is 0.394 e. The molecule has 1 fully saturated rings. The number of nitrogens with one attached hydrogen (secondary N) is 1. The van der Waals surface area contributed by atoms with Crippen molar-refractivity contribution in [3.05, 3.63) is 70.1 Å². The van der Waals surface area contributed by atoms with E-state index in [1.165, 1.54) is 0 Å². The van der Waals surface area contributed by atoms with Crippen LogP contribution in [-0.4, -0.2) is 55.5 Å². The maximum atomic E-state index is 13.6. The average Bonchev–Trinajstić information content (AvgIpc) is 3.52. The lowest BCUT2D eigenvalue weighted by Crippen LogP contribution is -2.49. The van der Waals surface area contributed by atoms with Gasteiger partial charge in [-0.1, -0.05) is 38.1 Å². The monoisotopic (exact) mass is 601 g/mol. The molecule has 0 saturated carbocycles. The van der Waals surface area contributed by atoms with E-state index in [1.54, 1.807) is 17.4 Å². The quantitative estimate of drug-likeness (QED) is 0.382. The molecule has 4 rings (SSSR count). The molecule has 0 unspecified atom stereocenters. The Hall–Kier alpha value is -2.79. The van der Waals surface area contributed by atoms with E-state index in [0.29, 0.717) is 13.0 Å². The zero-order chi connectivity index (χ0) is 25.8. The van der Waals surface area contributed by atoms with E-state index >= 15 is 0 Å². The van der Waals surface area contributed by atoms with Gasteiger partial charge in [0, 0.05) is 25.1 Å². The topological polar surface area (TPSA) is 100 Å². The molecule has 3 aromatic rings. The van der Waals surface area contributed by atoms with Crippen LogP contribution < -0.4 is 5.32 Å². The highest BCUT2D eigenvalue weighted by atomic mass is 127. The summed E-state index contributed by atoms with van der Waals surface area (Å²) in [5, 5.41) is 13.1. The summed E-state index contributed by atoms with van der Waals surface area (Å²) in [5.74, 6) is -0.273. The van der Waals surface area contributed by atoms with Crippen molar-refractivity contribution in [1.29, 1.82) is 0 Å². The van der Waals surface area contributed by atoms with E-state index in [-0.39, 0.29) is 24.3 Å². The van der Waals surface area contributed by atoms with Gasteiger partial charge in [-0.25, -0.2) is 4.98 Å². The van der Waals surface area contributed by atoms with Gasteiger partial charge in [-0.2, -0.15) is 0 Å². The highest BCUT2D eigenvalue weighted by Gasteiger charge is 2.39. The third-order valence-electron chi connectivity index (χ3n) is 6.76. The number of hydrogen-bond donors (Lipinski definition) is 2. The molecule has 3 atom stereocenters. The van der Waals surface area contributed by atoms with Gasteiger partial charge in [0.05, 0.1) is 19.0 Å². The second-order valence-electron chi connectivity index (χ2n) is 9.58. The molecule has 0 spiro atoms. The summed E-state index contributed by atoms with van der Waals surface area (Å²) in [7, 11) is 0. The number of aromatic nitrogens is 3. The minimum atomic E-state index is -0.561. The number of nitrogens with zero attached hydrogens (tertiary/aromatic N) is 4. The van der Waals surface area contributed by atoms with Gasteiger partial charge in [-0.3, -0.25) is 14.6 Å². The number of aliphatic hydroxyl groups excluding tert-OH is 1. The lowest BCUT2D eigenvalue weighted by molar-refractivity contribution is -0.142. The smallest absolute Gasteiger partial charge is 0.246 e. The molecule has 36 heavy (non-hydrogen) atoms. The molecule has 2 amide bonds. The Balaban J connectivity index is 1.48. The number of carbonyl (C=O) groups excluding carboxylic acids is 2. The summed E-state index contributed by atoms with van der Waals surface area (Å²) in [6.07, 6.45) is 8.48. The van der Waals surface area contributed by atoms with E-state index in [4.69, 9.17) is 0 Å². The number of benzene rings is 1. The van der Waals surface area contributed by atoms with Crippen molar-refractivity contribution in [3.8, 4) is 11.1 Å². The molecule has 1 aliphatic heterocycles. The number of carbonyl (C=O) groups is 2. The van der Waals surface area contributed by atoms with Crippen LogP contribution >= 0.6 is 22.6 Å². The van der Waals surface area contributed by atoms with Gasteiger partial charge in [-0.15, -0.1) is 0 Å². The first-order valence-electron chi connectivity index (χ1n) is 12.2. The second kappa shape index (κ2) is 11.5. The predicted octanol–water partition coefficient (Wildman–Crippen LogP) is 3.90. The Morgan fingerprint density at radius 1 is 1.22 bits per heavy atom. The SMILES string of the molecule is Cc1cnccc1-c1ccc([C@H](CO)NC(=O)[C@@H]2CCCN2C(=O)[C@H](C(C)C)n2cnc(I)c2)cc1. The molecule has 3 heterocycles. The Labute approximate surface area is 225 Å². The van der Waals surface area contributed by atoms with E-state index < -0.39 is 18.1 Å². The maximum absolute atomic E-state index is 13.6. The van der Waals surface area contributed by atoms with Gasteiger partial charge >= 0.3 is 0 Å². The van der Waals surface area contributed by atoms with Gasteiger partial charge in [0.15, 0.2) is 0 Å². The summed E-state index contributed by atoms with van der Waals surface area (Å²) in [4.78, 5) is 37.0. The minimum Gasteiger partial charge on any atom is -0.394 e. The molecule has 190 valence electrons. The molecule has 1 aromatic carbocycles. The molecule has 1 saturated heterocycles. The Morgan fingerprint density at radius 3 is 2.58 bits per heavy atom. The van der Waals surface area contributed by atoms with Crippen LogP contribution in [0, 0.1) is 16.5 Å². The van der Waals surface area contributed by atoms with E-state index in [9.17, 15) is 14.7 Å². The van der Waals surface area contributed by atoms with Crippen LogP contribution in [0.1, 0.15) is 49.9 Å². The number of rotatable bonds is 8. The van der Waals surface area contributed by atoms with Crippen LogP contribution in [0.15, 0.2) is 55.2 Å². The number of imidazole rings is 1.